The zero-order valence-electron chi connectivity index (χ0n) is 15.6. The lowest BCUT2D eigenvalue weighted by atomic mass is 9.96. The Morgan fingerprint density at radius 1 is 1.00 bits per heavy atom. The molecular formula is C23H23N3O. The Morgan fingerprint density at radius 2 is 1.78 bits per heavy atom. The Morgan fingerprint density at radius 3 is 2.48 bits per heavy atom. The Hall–Kier alpha value is -3.14. The Balaban J connectivity index is 1.48. The fraction of sp³-hybridized carbons (Fsp3) is 0.217. The smallest absolute Gasteiger partial charge is 0.177 e. The van der Waals surface area contributed by atoms with Gasteiger partial charge in [0.15, 0.2) is 5.65 Å². The van der Waals surface area contributed by atoms with Gasteiger partial charge in [-0.3, -0.25) is 0 Å². The number of rotatable bonds is 6. The number of imidazole rings is 1. The van der Waals surface area contributed by atoms with Crippen molar-refractivity contribution in [3.63, 3.8) is 0 Å². The van der Waals surface area contributed by atoms with Crippen molar-refractivity contribution in [2.75, 3.05) is 0 Å². The van der Waals surface area contributed by atoms with Gasteiger partial charge in [-0.2, -0.15) is 0 Å². The molecule has 4 aromatic rings. The molecule has 27 heavy (non-hydrogen) atoms. The topological polar surface area (TPSA) is 50.8 Å². The predicted molar refractivity (Wildman–Crippen MR) is 108 cm³/mol. The number of hydrogen-bond donors (Lipinski definition) is 1. The molecule has 1 atom stereocenters. The second-order valence-electron chi connectivity index (χ2n) is 6.80. The Labute approximate surface area is 159 Å². The minimum atomic E-state index is 0.213. The maximum atomic E-state index is 5.92. The molecule has 1 N–H and O–H groups in total. The van der Waals surface area contributed by atoms with Crippen molar-refractivity contribution in [1.82, 2.24) is 15.0 Å². The number of H-pyrrole nitrogens is 1. The van der Waals surface area contributed by atoms with Crippen LogP contribution in [-0.4, -0.2) is 15.0 Å². The molecule has 4 rings (SSSR count). The quantitative estimate of drug-likeness (QED) is 0.503. The average molecular weight is 357 g/mol. The van der Waals surface area contributed by atoms with Crippen molar-refractivity contribution in [1.29, 1.82) is 0 Å². The number of aromatic nitrogens is 3. The van der Waals surface area contributed by atoms with Gasteiger partial charge in [0.05, 0.1) is 5.52 Å². The van der Waals surface area contributed by atoms with E-state index in [2.05, 4.69) is 65.2 Å². The van der Waals surface area contributed by atoms with Crippen LogP contribution in [0.25, 0.3) is 11.2 Å². The number of nitrogens with one attached hydrogen (secondary N) is 1. The Bertz CT molecular complexity index is 987. The number of fused-ring (bicyclic) bond motifs is 1. The first-order valence-electron chi connectivity index (χ1n) is 9.32. The maximum Gasteiger partial charge on any atom is 0.177 e. The van der Waals surface area contributed by atoms with Gasteiger partial charge in [0.2, 0.25) is 0 Å². The molecule has 0 bridgehead atoms. The standard InChI is InChI=1S/C23H23N3O/c1-3-20(22-25-21-5-4-14-24-23(21)26-22)18-10-12-19(13-11-18)27-15-17-8-6-16(2)7-9-17/h4-14,20H,3,15H2,1-2H3,(H,24,25,26). The first kappa shape index (κ1) is 17.3. The van der Waals surface area contributed by atoms with Crippen LogP contribution >= 0.6 is 0 Å². The molecule has 2 heterocycles. The van der Waals surface area contributed by atoms with E-state index in [1.165, 1.54) is 16.7 Å². The number of nitrogens with zero attached hydrogens (tertiary/aromatic N) is 2. The van der Waals surface area contributed by atoms with Crippen LogP contribution in [0.5, 0.6) is 5.75 Å². The zero-order valence-corrected chi connectivity index (χ0v) is 15.6. The van der Waals surface area contributed by atoms with Crippen molar-refractivity contribution in [2.24, 2.45) is 0 Å². The molecule has 4 nitrogen and oxygen atoms in total. The van der Waals surface area contributed by atoms with Crippen LogP contribution in [0.4, 0.5) is 0 Å². The third kappa shape index (κ3) is 3.85. The van der Waals surface area contributed by atoms with Crippen LogP contribution in [0.1, 0.15) is 41.8 Å². The molecule has 0 saturated carbocycles. The highest BCUT2D eigenvalue weighted by Gasteiger charge is 2.16. The number of benzene rings is 2. The van der Waals surface area contributed by atoms with Crippen molar-refractivity contribution >= 4 is 11.2 Å². The van der Waals surface area contributed by atoms with E-state index >= 15 is 0 Å². The lowest BCUT2D eigenvalue weighted by Crippen LogP contribution is -2.02. The maximum absolute atomic E-state index is 5.92. The fourth-order valence-electron chi connectivity index (χ4n) is 3.26. The van der Waals surface area contributed by atoms with Gasteiger partial charge in [-0.15, -0.1) is 0 Å². The van der Waals surface area contributed by atoms with Gasteiger partial charge >= 0.3 is 0 Å². The summed E-state index contributed by atoms with van der Waals surface area (Å²) in [6.45, 7) is 4.84. The van der Waals surface area contributed by atoms with Crippen molar-refractivity contribution in [3.05, 3.63) is 89.4 Å². The third-order valence-corrected chi connectivity index (χ3v) is 4.82. The van der Waals surface area contributed by atoms with Crippen LogP contribution in [0, 0.1) is 6.92 Å². The molecule has 0 aliphatic rings. The highest BCUT2D eigenvalue weighted by atomic mass is 16.5. The number of hydrogen-bond acceptors (Lipinski definition) is 3. The number of pyridine rings is 1. The molecule has 4 heteroatoms. The van der Waals surface area contributed by atoms with Crippen LogP contribution in [-0.2, 0) is 6.61 Å². The highest BCUT2D eigenvalue weighted by Crippen LogP contribution is 2.28. The summed E-state index contributed by atoms with van der Waals surface area (Å²) in [4.78, 5) is 12.4. The van der Waals surface area contributed by atoms with Gasteiger partial charge in [0.25, 0.3) is 0 Å². The lowest BCUT2D eigenvalue weighted by molar-refractivity contribution is 0.306. The predicted octanol–water partition coefficient (Wildman–Crippen LogP) is 5.39. The second-order valence-corrected chi connectivity index (χ2v) is 6.80. The monoisotopic (exact) mass is 357 g/mol. The molecule has 0 saturated heterocycles. The van der Waals surface area contributed by atoms with E-state index in [9.17, 15) is 0 Å². The third-order valence-electron chi connectivity index (χ3n) is 4.82. The van der Waals surface area contributed by atoms with Crippen LogP contribution in [0.3, 0.4) is 0 Å². The minimum Gasteiger partial charge on any atom is -0.489 e. The first-order valence-corrected chi connectivity index (χ1v) is 9.32. The molecule has 1 unspecified atom stereocenters. The molecule has 0 amide bonds. The molecule has 2 aromatic carbocycles. The van der Waals surface area contributed by atoms with E-state index in [1.54, 1.807) is 6.20 Å². The lowest BCUT2D eigenvalue weighted by Gasteiger charge is -2.14. The van der Waals surface area contributed by atoms with E-state index < -0.39 is 0 Å². The molecular weight excluding hydrogens is 334 g/mol. The van der Waals surface area contributed by atoms with Gasteiger partial charge < -0.3 is 9.72 Å². The van der Waals surface area contributed by atoms with Crippen LogP contribution in [0.15, 0.2) is 66.9 Å². The number of aromatic amines is 1. The highest BCUT2D eigenvalue weighted by molar-refractivity contribution is 5.70. The number of aryl methyl sites for hydroxylation is 1. The second kappa shape index (κ2) is 7.62. The van der Waals surface area contributed by atoms with Crippen molar-refractivity contribution in [3.8, 4) is 5.75 Å². The molecule has 136 valence electrons. The minimum absolute atomic E-state index is 0.213. The van der Waals surface area contributed by atoms with Gasteiger partial charge in [0.1, 0.15) is 18.2 Å². The average Bonchev–Trinajstić information content (AvgIpc) is 3.13. The van der Waals surface area contributed by atoms with Crippen molar-refractivity contribution in [2.45, 2.75) is 32.8 Å². The van der Waals surface area contributed by atoms with Crippen LogP contribution in [0.2, 0.25) is 0 Å². The molecule has 0 spiro atoms. The van der Waals surface area contributed by atoms with E-state index in [1.807, 2.05) is 24.3 Å². The Kier molecular flexibility index (Phi) is 4.88. The summed E-state index contributed by atoms with van der Waals surface area (Å²) in [7, 11) is 0. The fourth-order valence-corrected chi connectivity index (χ4v) is 3.26. The molecule has 0 aliphatic carbocycles. The van der Waals surface area contributed by atoms with Gasteiger partial charge in [-0.05, 0) is 48.7 Å². The van der Waals surface area contributed by atoms with Gasteiger partial charge in [-0.1, -0.05) is 48.9 Å². The van der Waals surface area contributed by atoms with Gasteiger partial charge in [-0.25, -0.2) is 9.97 Å². The summed E-state index contributed by atoms with van der Waals surface area (Å²) in [5, 5.41) is 0. The number of ether oxygens (including phenoxy) is 1. The van der Waals surface area contributed by atoms with E-state index in [0.717, 1.165) is 29.2 Å². The van der Waals surface area contributed by atoms with E-state index in [4.69, 9.17) is 4.74 Å². The SMILES string of the molecule is CCC(c1ccc(OCc2ccc(C)cc2)cc1)c1nc2ncccc2[nH]1. The molecule has 0 fully saturated rings. The largest absolute Gasteiger partial charge is 0.489 e. The first-order chi connectivity index (χ1) is 13.2. The van der Waals surface area contributed by atoms with Gasteiger partial charge in [0, 0.05) is 12.1 Å². The zero-order chi connectivity index (χ0) is 18.6. The molecule has 2 aromatic heterocycles. The molecule has 0 aliphatic heterocycles. The summed E-state index contributed by atoms with van der Waals surface area (Å²) in [5.41, 5.74) is 5.40. The molecule has 0 radical (unpaired) electrons. The van der Waals surface area contributed by atoms with E-state index in [0.29, 0.717) is 6.61 Å². The summed E-state index contributed by atoms with van der Waals surface area (Å²) in [6, 6.07) is 20.7. The summed E-state index contributed by atoms with van der Waals surface area (Å²) >= 11 is 0. The van der Waals surface area contributed by atoms with Crippen LogP contribution < -0.4 is 4.74 Å². The van der Waals surface area contributed by atoms with E-state index in [-0.39, 0.29) is 5.92 Å². The normalized spacial score (nSPS) is 12.2. The van der Waals surface area contributed by atoms with Crippen molar-refractivity contribution < 1.29 is 4.74 Å². The summed E-state index contributed by atoms with van der Waals surface area (Å²) in [5.74, 6) is 2.05. The summed E-state index contributed by atoms with van der Waals surface area (Å²) in [6.07, 6.45) is 2.73. The summed E-state index contributed by atoms with van der Waals surface area (Å²) < 4.78 is 5.92.